The van der Waals surface area contributed by atoms with Crippen LogP contribution in [0.5, 0.6) is 0 Å². The lowest BCUT2D eigenvalue weighted by Crippen LogP contribution is -2.31. The monoisotopic (exact) mass is 240 g/mol. The third kappa shape index (κ3) is 2.07. The number of para-hydroxylation sites is 1. The van der Waals surface area contributed by atoms with Crippen LogP contribution in [0.25, 0.3) is 10.9 Å². The molecule has 0 radical (unpaired) electrons. The highest BCUT2D eigenvalue weighted by molar-refractivity contribution is 6.09. The Morgan fingerprint density at radius 3 is 2.89 bits per heavy atom. The van der Waals surface area contributed by atoms with Crippen LogP contribution in [0.3, 0.4) is 0 Å². The largest absolute Gasteiger partial charge is 0.308 e. The van der Waals surface area contributed by atoms with Gasteiger partial charge < -0.3 is 5.43 Å². The number of nitrogens with two attached hydrogens (primary N) is 1. The second-order valence-corrected chi connectivity index (χ2v) is 4.68. The van der Waals surface area contributed by atoms with E-state index in [1.54, 1.807) is 0 Å². The zero-order chi connectivity index (χ0) is 12.5. The highest BCUT2D eigenvalue weighted by Gasteiger charge is 2.22. The van der Waals surface area contributed by atoms with Gasteiger partial charge in [-0.2, -0.15) is 0 Å². The van der Waals surface area contributed by atoms with Crippen molar-refractivity contribution in [2.45, 2.75) is 25.8 Å². The Labute approximate surface area is 106 Å². The van der Waals surface area contributed by atoms with Crippen molar-refractivity contribution in [2.24, 2.45) is 10.8 Å². The topological polar surface area (TPSA) is 63.3 Å². The lowest BCUT2D eigenvalue weighted by atomic mass is 10.1. The van der Waals surface area contributed by atoms with Gasteiger partial charge in [0.2, 0.25) is 0 Å². The van der Waals surface area contributed by atoms with Gasteiger partial charge in [-0.25, -0.2) is 5.84 Å². The maximum Gasteiger partial charge on any atom is 0.143 e. The maximum atomic E-state index is 5.62. The minimum absolute atomic E-state index is 0.434. The van der Waals surface area contributed by atoms with Crippen molar-refractivity contribution >= 4 is 16.7 Å². The molecule has 1 aromatic heterocycles. The van der Waals surface area contributed by atoms with Crippen molar-refractivity contribution < 1.29 is 0 Å². The summed E-state index contributed by atoms with van der Waals surface area (Å²) in [5.41, 5.74) is 5.72. The lowest BCUT2D eigenvalue weighted by Gasteiger charge is -2.10. The molecule has 1 saturated carbocycles. The average molecular weight is 240 g/mol. The van der Waals surface area contributed by atoms with Gasteiger partial charge in [0, 0.05) is 16.6 Å². The first kappa shape index (κ1) is 11.2. The normalized spacial score (nSPS) is 16.0. The molecular weight excluding hydrogens is 224 g/mol. The number of hydrazine groups is 1. The van der Waals surface area contributed by atoms with Crippen LogP contribution in [0.2, 0.25) is 0 Å². The van der Waals surface area contributed by atoms with E-state index < -0.39 is 0 Å². The number of rotatable bonds is 2. The zero-order valence-electron chi connectivity index (χ0n) is 10.4. The van der Waals surface area contributed by atoms with Crippen molar-refractivity contribution in [3.8, 4) is 0 Å². The van der Waals surface area contributed by atoms with Gasteiger partial charge in [0.05, 0.1) is 11.6 Å². The van der Waals surface area contributed by atoms with Gasteiger partial charge in [-0.3, -0.25) is 9.98 Å². The van der Waals surface area contributed by atoms with E-state index >= 15 is 0 Å². The number of amidine groups is 1. The molecular formula is C14H16N4. The average Bonchev–Trinajstić information content (AvgIpc) is 3.19. The first-order valence-electron chi connectivity index (χ1n) is 6.19. The SMILES string of the molecule is Cc1cc(C(=NC2CC2)NN)c2ccccc2n1. The molecule has 0 bridgehead atoms. The highest BCUT2D eigenvalue weighted by Crippen LogP contribution is 2.25. The molecule has 0 unspecified atom stereocenters. The van der Waals surface area contributed by atoms with Crippen molar-refractivity contribution in [1.82, 2.24) is 10.4 Å². The molecule has 0 spiro atoms. The molecule has 3 rings (SSSR count). The summed E-state index contributed by atoms with van der Waals surface area (Å²) in [5.74, 6) is 6.38. The molecule has 0 saturated heterocycles. The Morgan fingerprint density at radius 1 is 1.39 bits per heavy atom. The molecule has 0 aliphatic heterocycles. The lowest BCUT2D eigenvalue weighted by molar-refractivity contribution is 0.971. The molecule has 0 atom stereocenters. The minimum Gasteiger partial charge on any atom is -0.308 e. The molecule has 4 nitrogen and oxygen atoms in total. The Hall–Kier alpha value is -1.94. The molecule has 18 heavy (non-hydrogen) atoms. The van der Waals surface area contributed by atoms with Gasteiger partial charge >= 0.3 is 0 Å². The second kappa shape index (κ2) is 4.38. The molecule has 1 aromatic carbocycles. The first-order chi connectivity index (χ1) is 8.78. The molecule has 92 valence electrons. The number of aromatic nitrogens is 1. The van der Waals surface area contributed by atoms with Crippen LogP contribution in [0.1, 0.15) is 24.1 Å². The number of benzene rings is 1. The van der Waals surface area contributed by atoms with Crippen LogP contribution in [-0.4, -0.2) is 16.9 Å². The summed E-state index contributed by atoms with van der Waals surface area (Å²) in [5, 5.41) is 1.08. The Kier molecular flexibility index (Phi) is 2.72. The summed E-state index contributed by atoms with van der Waals surface area (Å²) in [6, 6.07) is 10.5. The number of hydrogen-bond acceptors (Lipinski definition) is 3. The van der Waals surface area contributed by atoms with E-state index in [2.05, 4.69) is 21.5 Å². The zero-order valence-corrected chi connectivity index (χ0v) is 10.4. The summed E-state index contributed by atoms with van der Waals surface area (Å²) >= 11 is 0. The summed E-state index contributed by atoms with van der Waals surface area (Å²) in [6.07, 6.45) is 2.32. The number of hydrogen-bond donors (Lipinski definition) is 2. The minimum atomic E-state index is 0.434. The van der Waals surface area contributed by atoms with E-state index in [-0.39, 0.29) is 0 Å². The molecule has 1 aliphatic carbocycles. The van der Waals surface area contributed by atoms with Crippen LogP contribution in [0, 0.1) is 6.92 Å². The van der Waals surface area contributed by atoms with Crippen LogP contribution >= 0.6 is 0 Å². The third-order valence-corrected chi connectivity index (χ3v) is 3.09. The van der Waals surface area contributed by atoms with E-state index in [9.17, 15) is 0 Å². The van der Waals surface area contributed by atoms with Crippen LogP contribution < -0.4 is 11.3 Å². The fraction of sp³-hybridized carbons (Fsp3) is 0.286. The number of aryl methyl sites for hydroxylation is 1. The number of nitrogens with zero attached hydrogens (tertiary/aromatic N) is 2. The smallest absolute Gasteiger partial charge is 0.143 e. The summed E-state index contributed by atoms with van der Waals surface area (Å²) < 4.78 is 0. The van der Waals surface area contributed by atoms with E-state index in [4.69, 9.17) is 5.84 Å². The van der Waals surface area contributed by atoms with Crippen molar-refractivity contribution in [1.29, 1.82) is 0 Å². The molecule has 1 fully saturated rings. The summed E-state index contributed by atoms with van der Waals surface area (Å²) in [7, 11) is 0. The van der Waals surface area contributed by atoms with E-state index in [1.165, 1.54) is 0 Å². The van der Waals surface area contributed by atoms with E-state index in [0.717, 1.165) is 40.8 Å². The number of nitrogens with one attached hydrogen (secondary N) is 1. The van der Waals surface area contributed by atoms with Gasteiger partial charge in [-0.15, -0.1) is 0 Å². The third-order valence-electron chi connectivity index (χ3n) is 3.09. The number of pyridine rings is 1. The molecule has 3 N–H and O–H groups in total. The number of aliphatic imine (C=N–C) groups is 1. The molecule has 1 heterocycles. The van der Waals surface area contributed by atoms with Crippen LogP contribution in [0.4, 0.5) is 0 Å². The second-order valence-electron chi connectivity index (χ2n) is 4.68. The molecule has 4 heteroatoms. The van der Waals surface area contributed by atoms with Crippen LogP contribution in [-0.2, 0) is 0 Å². The molecule has 0 amide bonds. The van der Waals surface area contributed by atoms with Gasteiger partial charge in [0.1, 0.15) is 5.84 Å². The Morgan fingerprint density at radius 2 is 2.17 bits per heavy atom. The van der Waals surface area contributed by atoms with E-state index in [1.807, 2.05) is 31.2 Å². The molecule has 1 aliphatic rings. The highest BCUT2D eigenvalue weighted by atomic mass is 15.3. The Bertz CT molecular complexity index is 614. The summed E-state index contributed by atoms with van der Waals surface area (Å²) in [6.45, 7) is 1.99. The standard InChI is InChI=1S/C14H16N4/c1-9-8-12(14(18-15)17-10-6-7-10)11-4-2-3-5-13(11)16-9/h2-5,8,10H,6-7,15H2,1H3,(H,17,18). The number of fused-ring (bicyclic) bond motifs is 1. The van der Waals surface area contributed by atoms with Gasteiger partial charge in [0.25, 0.3) is 0 Å². The van der Waals surface area contributed by atoms with Crippen LogP contribution in [0.15, 0.2) is 35.3 Å². The van der Waals surface area contributed by atoms with Gasteiger partial charge in [-0.05, 0) is 31.9 Å². The Balaban J connectivity index is 2.20. The van der Waals surface area contributed by atoms with Crippen molar-refractivity contribution in [3.63, 3.8) is 0 Å². The predicted molar refractivity (Wildman–Crippen MR) is 73.4 cm³/mol. The molecule has 2 aromatic rings. The fourth-order valence-corrected chi connectivity index (χ4v) is 2.07. The van der Waals surface area contributed by atoms with E-state index in [0.29, 0.717) is 6.04 Å². The van der Waals surface area contributed by atoms with Gasteiger partial charge in [-0.1, -0.05) is 18.2 Å². The maximum absolute atomic E-state index is 5.62. The summed E-state index contributed by atoms with van der Waals surface area (Å²) in [4.78, 5) is 9.14. The fourth-order valence-electron chi connectivity index (χ4n) is 2.07. The van der Waals surface area contributed by atoms with Crippen molar-refractivity contribution in [3.05, 3.63) is 41.6 Å². The van der Waals surface area contributed by atoms with Crippen molar-refractivity contribution in [2.75, 3.05) is 0 Å². The predicted octanol–water partition coefficient (Wildman–Crippen LogP) is 1.92. The quantitative estimate of drug-likeness (QED) is 0.365. The van der Waals surface area contributed by atoms with Gasteiger partial charge in [0.15, 0.2) is 0 Å². The first-order valence-corrected chi connectivity index (χ1v) is 6.19.